The van der Waals surface area contributed by atoms with Crippen molar-refractivity contribution < 1.29 is 9.90 Å². The van der Waals surface area contributed by atoms with Crippen LogP contribution in [0.4, 0.5) is 0 Å². The van der Waals surface area contributed by atoms with Crippen molar-refractivity contribution in [2.75, 3.05) is 0 Å². The molecule has 0 radical (unpaired) electrons. The van der Waals surface area contributed by atoms with Gasteiger partial charge in [-0.3, -0.25) is 4.79 Å². The van der Waals surface area contributed by atoms with Gasteiger partial charge in [0.1, 0.15) is 0 Å². The van der Waals surface area contributed by atoms with Crippen LogP contribution in [0.1, 0.15) is 19.4 Å². The molecule has 0 spiro atoms. The van der Waals surface area contributed by atoms with E-state index in [0.29, 0.717) is 5.57 Å². The Hall–Kier alpha value is -1.57. The lowest BCUT2D eigenvalue weighted by Crippen LogP contribution is -2.24. The summed E-state index contributed by atoms with van der Waals surface area (Å²) in [6.45, 7) is 7.15. The van der Waals surface area contributed by atoms with Gasteiger partial charge in [0.25, 0.3) is 0 Å². The lowest BCUT2D eigenvalue weighted by molar-refractivity contribution is -0.143. The Morgan fingerprint density at radius 3 is 2.21 bits per heavy atom. The first-order valence-corrected chi connectivity index (χ1v) is 4.44. The van der Waals surface area contributed by atoms with Crippen molar-refractivity contribution in [2.24, 2.45) is 5.41 Å². The minimum absolute atomic E-state index is 0.630. The maximum atomic E-state index is 11.0. The smallest absolute Gasteiger partial charge is 0.313 e. The van der Waals surface area contributed by atoms with Gasteiger partial charge in [-0.2, -0.15) is 0 Å². The third kappa shape index (κ3) is 1.84. The van der Waals surface area contributed by atoms with E-state index in [1.807, 2.05) is 30.3 Å². The van der Waals surface area contributed by atoms with Crippen LogP contribution in [-0.2, 0) is 4.79 Å². The van der Waals surface area contributed by atoms with Gasteiger partial charge in [-0.05, 0) is 25.0 Å². The molecule has 0 atom stereocenters. The van der Waals surface area contributed by atoms with E-state index in [0.717, 1.165) is 5.56 Å². The number of hydrogen-bond acceptors (Lipinski definition) is 1. The van der Waals surface area contributed by atoms with Gasteiger partial charge in [0.2, 0.25) is 0 Å². The maximum absolute atomic E-state index is 11.0. The molecule has 1 aromatic carbocycles. The predicted octanol–water partition coefficient (Wildman–Crippen LogP) is 2.81. The molecule has 0 aromatic heterocycles. The van der Waals surface area contributed by atoms with E-state index in [2.05, 4.69) is 6.58 Å². The fraction of sp³-hybridized carbons (Fsp3) is 0.250. The summed E-state index contributed by atoms with van der Waals surface area (Å²) in [6.07, 6.45) is 0. The molecule has 1 N–H and O–H groups in total. The zero-order valence-electron chi connectivity index (χ0n) is 8.45. The number of carboxylic acid groups (broad SMARTS) is 1. The van der Waals surface area contributed by atoms with Crippen LogP contribution in [0.25, 0.3) is 5.57 Å². The molecule has 14 heavy (non-hydrogen) atoms. The highest BCUT2D eigenvalue weighted by atomic mass is 16.4. The summed E-state index contributed by atoms with van der Waals surface area (Å²) in [4.78, 5) is 11.0. The summed E-state index contributed by atoms with van der Waals surface area (Å²) < 4.78 is 0. The van der Waals surface area contributed by atoms with E-state index in [9.17, 15) is 4.79 Å². The van der Waals surface area contributed by atoms with Crippen LogP contribution >= 0.6 is 0 Å². The van der Waals surface area contributed by atoms with Gasteiger partial charge in [0.05, 0.1) is 5.41 Å². The summed E-state index contributed by atoms with van der Waals surface area (Å²) in [7, 11) is 0. The fourth-order valence-electron chi connectivity index (χ4n) is 1.13. The quantitative estimate of drug-likeness (QED) is 0.795. The lowest BCUT2D eigenvalue weighted by Gasteiger charge is -2.22. The average Bonchev–Trinajstić information content (AvgIpc) is 2.17. The summed E-state index contributed by atoms with van der Waals surface area (Å²) >= 11 is 0. The Morgan fingerprint density at radius 1 is 1.29 bits per heavy atom. The standard InChI is InChI=1S/C12H14O2/c1-9(12(2,3)11(13)14)10-7-5-4-6-8-10/h4-8H,1H2,2-3H3,(H,13,14). The summed E-state index contributed by atoms with van der Waals surface area (Å²) in [5.74, 6) is -0.855. The van der Waals surface area contributed by atoms with Gasteiger partial charge in [0.15, 0.2) is 0 Å². The molecular weight excluding hydrogens is 176 g/mol. The van der Waals surface area contributed by atoms with Gasteiger partial charge in [-0.15, -0.1) is 0 Å². The first-order chi connectivity index (χ1) is 6.46. The molecule has 1 rings (SSSR count). The largest absolute Gasteiger partial charge is 0.481 e. The molecule has 0 saturated carbocycles. The van der Waals surface area contributed by atoms with Crippen molar-refractivity contribution in [3.05, 3.63) is 42.5 Å². The van der Waals surface area contributed by atoms with Crippen LogP contribution in [0.3, 0.4) is 0 Å². The third-order valence-corrected chi connectivity index (χ3v) is 2.41. The Labute approximate surface area is 83.9 Å². The van der Waals surface area contributed by atoms with E-state index in [1.54, 1.807) is 13.8 Å². The Balaban J connectivity index is 3.03. The number of benzene rings is 1. The molecule has 74 valence electrons. The number of hydrogen-bond donors (Lipinski definition) is 1. The van der Waals surface area contributed by atoms with Gasteiger partial charge < -0.3 is 5.11 Å². The molecule has 0 aliphatic carbocycles. The molecule has 0 fully saturated rings. The van der Waals surface area contributed by atoms with Crippen LogP contribution in [0.15, 0.2) is 36.9 Å². The molecule has 1 aromatic rings. The SMILES string of the molecule is C=C(c1ccccc1)C(C)(C)C(=O)O. The van der Waals surface area contributed by atoms with Crippen molar-refractivity contribution in [1.82, 2.24) is 0 Å². The second-order valence-electron chi connectivity index (χ2n) is 3.77. The van der Waals surface area contributed by atoms with E-state index in [1.165, 1.54) is 0 Å². The van der Waals surface area contributed by atoms with Crippen LogP contribution < -0.4 is 0 Å². The van der Waals surface area contributed by atoms with Crippen molar-refractivity contribution in [3.63, 3.8) is 0 Å². The maximum Gasteiger partial charge on any atom is 0.313 e. The number of aliphatic carboxylic acids is 1. The predicted molar refractivity (Wildman–Crippen MR) is 56.9 cm³/mol. The minimum atomic E-state index is -0.915. The molecule has 0 bridgehead atoms. The first-order valence-electron chi connectivity index (χ1n) is 4.44. The first kappa shape index (κ1) is 10.5. The van der Waals surface area contributed by atoms with E-state index < -0.39 is 11.4 Å². The van der Waals surface area contributed by atoms with Crippen LogP contribution in [0, 0.1) is 5.41 Å². The molecule has 0 aliphatic heterocycles. The Kier molecular flexibility index (Phi) is 2.75. The lowest BCUT2D eigenvalue weighted by atomic mass is 9.81. The van der Waals surface area contributed by atoms with Crippen molar-refractivity contribution in [1.29, 1.82) is 0 Å². The Bertz CT molecular complexity index is 350. The molecular formula is C12H14O2. The van der Waals surface area contributed by atoms with E-state index in [4.69, 9.17) is 5.11 Å². The second kappa shape index (κ2) is 3.66. The topological polar surface area (TPSA) is 37.3 Å². The molecule has 0 heterocycles. The molecule has 0 saturated heterocycles. The van der Waals surface area contributed by atoms with Crippen molar-refractivity contribution in [3.8, 4) is 0 Å². The highest BCUT2D eigenvalue weighted by molar-refractivity contribution is 5.90. The van der Waals surface area contributed by atoms with Gasteiger partial charge >= 0.3 is 5.97 Å². The Morgan fingerprint density at radius 2 is 1.79 bits per heavy atom. The number of carboxylic acids is 1. The van der Waals surface area contributed by atoms with Crippen LogP contribution in [0.5, 0.6) is 0 Å². The monoisotopic (exact) mass is 190 g/mol. The molecule has 0 aliphatic rings. The zero-order valence-corrected chi connectivity index (χ0v) is 8.45. The minimum Gasteiger partial charge on any atom is -0.481 e. The normalized spacial score (nSPS) is 11.0. The summed E-state index contributed by atoms with van der Waals surface area (Å²) in [5, 5.41) is 9.01. The molecule has 0 unspecified atom stereocenters. The number of carbonyl (C=O) groups is 1. The van der Waals surface area contributed by atoms with E-state index >= 15 is 0 Å². The van der Waals surface area contributed by atoms with Crippen LogP contribution in [-0.4, -0.2) is 11.1 Å². The highest BCUT2D eigenvalue weighted by Crippen LogP contribution is 2.32. The van der Waals surface area contributed by atoms with Crippen LogP contribution in [0.2, 0.25) is 0 Å². The van der Waals surface area contributed by atoms with Crippen molar-refractivity contribution >= 4 is 11.5 Å². The fourth-order valence-corrected chi connectivity index (χ4v) is 1.13. The molecule has 2 heteroatoms. The third-order valence-electron chi connectivity index (χ3n) is 2.41. The zero-order chi connectivity index (χ0) is 10.8. The number of rotatable bonds is 3. The summed E-state index contributed by atoms with van der Waals surface area (Å²) in [6, 6.07) is 9.38. The van der Waals surface area contributed by atoms with E-state index in [-0.39, 0.29) is 0 Å². The molecule has 2 nitrogen and oxygen atoms in total. The van der Waals surface area contributed by atoms with Gasteiger partial charge in [-0.25, -0.2) is 0 Å². The average molecular weight is 190 g/mol. The summed E-state index contributed by atoms with van der Waals surface area (Å²) in [5.41, 5.74) is 0.590. The van der Waals surface area contributed by atoms with Gasteiger partial charge in [0, 0.05) is 0 Å². The second-order valence-corrected chi connectivity index (χ2v) is 3.77. The molecule has 0 amide bonds. The van der Waals surface area contributed by atoms with Gasteiger partial charge in [-0.1, -0.05) is 36.9 Å². The van der Waals surface area contributed by atoms with Crippen molar-refractivity contribution in [2.45, 2.75) is 13.8 Å². The highest BCUT2D eigenvalue weighted by Gasteiger charge is 2.30.